The second kappa shape index (κ2) is 4.98. The maximum atomic E-state index is 12.0. The fourth-order valence-corrected chi connectivity index (χ4v) is 2.89. The molecule has 0 radical (unpaired) electrons. The molecule has 96 valence electrons. The van der Waals surface area contributed by atoms with Crippen molar-refractivity contribution in [1.29, 1.82) is 0 Å². The normalized spacial score (nSPS) is 26.1. The third-order valence-corrected chi connectivity index (χ3v) is 3.83. The van der Waals surface area contributed by atoms with Crippen molar-refractivity contribution >= 4 is 6.09 Å². The van der Waals surface area contributed by atoms with E-state index in [0.29, 0.717) is 18.7 Å². The number of hydrogen-bond donors (Lipinski definition) is 1. The fraction of sp³-hybridized carbons (Fsp3) is 0.500. The van der Waals surface area contributed by atoms with Crippen LogP contribution in [-0.2, 0) is 11.3 Å². The number of ether oxygens (including phenoxy) is 1. The molecular weight excluding hydrogens is 228 g/mol. The molecule has 0 bridgehead atoms. The average molecular weight is 246 g/mol. The number of nitrogens with one attached hydrogen (secondary N) is 1. The fourth-order valence-electron chi connectivity index (χ4n) is 2.89. The van der Waals surface area contributed by atoms with E-state index in [0.717, 1.165) is 31.5 Å². The number of amides is 1. The molecule has 0 aliphatic carbocycles. The lowest BCUT2D eigenvalue weighted by atomic mass is 10.1. The summed E-state index contributed by atoms with van der Waals surface area (Å²) in [6.07, 6.45) is 1.92. The number of nitrogens with zero attached hydrogens (tertiary/aromatic N) is 1. The van der Waals surface area contributed by atoms with Crippen LogP contribution in [0.1, 0.15) is 18.4 Å². The maximum absolute atomic E-state index is 12.0. The average Bonchev–Trinajstić information content (AvgIpc) is 2.99. The van der Waals surface area contributed by atoms with Gasteiger partial charge in [0.05, 0.1) is 6.04 Å². The highest BCUT2D eigenvalue weighted by Gasteiger charge is 2.40. The van der Waals surface area contributed by atoms with Crippen LogP contribution in [0.15, 0.2) is 30.3 Å². The zero-order chi connectivity index (χ0) is 12.4. The highest BCUT2D eigenvalue weighted by Crippen LogP contribution is 2.25. The van der Waals surface area contributed by atoms with Gasteiger partial charge in [-0.2, -0.15) is 0 Å². The van der Waals surface area contributed by atoms with Crippen LogP contribution in [0.4, 0.5) is 4.79 Å². The van der Waals surface area contributed by atoms with Crippen molar-refractivity contribution in [3.05, 3.63) is 35.9 Å². The summed E-state index contributed by atoms with van der Waals surface area (Å²) in [5.41, 5.74) is 1.03. The molecule has 1 aromatic rings. The molecule has 2 atom stereocenters. The number of rotatable bonds is 2. The van der Waals surface area contributed by atoms with Gasteiger partial charge in [-0.25, -0.2) is 4.79 Å². The molecule has 2 heterocycles. The first-order valence-electron chi connectivity index (χ1n) is 6.55. The molecule has 2 aliphatic heterocycles. The SMILES string of the molecule is O=C(OCc1ccccc1)N1CCC2NCCC21. The molecule has 2 aliphatic rings. The Kier molecular flexibility index (Phi) is 3.19. The Morgan fingerprint density at radius 1 is 1.33 bits per heavy atom. The van der Waals surface area contributed by atoms with Gasteiger partial charge in [-0.1, -0.05) is 30.3 Å². The largest absolute Gasteiger partial charge is 0.445 e. The molecule has 4 nitrogen and oxygen atoms in total. The summed E-state index contributed by atoms with van der Waals surface area (Å²) < 4.78 is 5.38. The standard InChI is InChI=1S/C14H18N2O2/c17-14(18-10-11-4-2-1-3-5-11)16-9-7-12-13(16)6-8-15-12/h1-5,12-13,15H,6-10H2. The van der Waals surface area contributed by atoms with E-state index < -0.39 is 0 Å². The molecule has 2 saturated heterocycles. The van der Waals surface area contributed by atoms with Crippen molar-refractivity contribution in [2.75, 3.05) is 13.1 Å². The van der Waals surface area contributed by atoms with E-state index in [-0.39, 0.29) is 6.09 Å². The second-order valence-corrected chi connectivity index (χ2v) is 4.94. The van der Waals surface area contributed by atoms with E-state index in [1.807, 2.05) is 35.2 Å². The lowest BCUT2D eigenvalue weighted by molar-refractivity contribution is 0.0922. The molecule has 2 unspecified atom stereocenters. The van der Waals surface area contributed by atoms with E-state index >= 15 is 0 Å². The molecule has 3 rings (SSSR count). The van der Waals surface area contributed by atoms with E-state index in [4.69, 9.17) is 4.74 Å². The Balaban J connectivity index is 1.56. The molecule has 1 amide bonds. The number of benzene rings is 1. The predicted molar refractivity (Wildman–Crippen MR) is 68.1 cm³/mol. The van der Waals surface area contributed by atoms with E-state index in [1.165, 1.54) is 0 Å². The number of likely N-dealkylation sites (tertiary alicyclic amines) is 1. The Morgan fingerprint density at radius 3 is 3.00 bits per heavy atom. The van der Waals surface area contributed by atoms with Gasteiger partial charge in [0.1, 0.15) is 6.61 Å². The van der Waals surface area contributed by atoms with Gasteiger partial charge in [-0.15, -0.1) is 0 Å². The lowest BCUT2D eigenvalue weighted by Gasteiger charge is -2.22. The summed E-state index contributed by atoms with van der Waals surface area (Å²) in [5.74, 6) is 0. The van der Waals surface area contributed by atoms with Crippen LogP contribution in [0.25, 0.3) is 0 Å². The summed E-state index contributed by atoms with van der Waals surface area (Å²) >= 11 is 0. The number of fused-ring (bicyclic) bond motifs is 1. The molecule has 0 saturated carbocycles. The van der Waals surface area contributed by atoms with Crippen LogP contribution >= 0.6 is 0 Å². The highest BCUT2D eigenvalue weighted by atomic mass is 16.6. The minimum Gasteiger partial charge on any atom is -0.445 e. The van der Waals surface area contributed by atoms with Crippen molar-refractivity contribution in [2.45, 2.75) is 31.5 Å². The molecular formula is C14H18N2O2. The summed E-state index contributed by atoms with van der Waals surface area (Å²) in [4.78, 5) is 13.9. The number of carbonyl (C=O) groups is 1. The van der Waals surface area contributed by atoms with E-state index in [1.54, 1.807) is 0 Å². The summed E-state index contributed by atoms with van der Waals surface area (Å²) in [6.45, 7) is 2.19. The van der Waals surface area contributed by atoms with Crippen LogP contribution in [0.2, 0.25) is 0 Å². The summed E-state index contributed by atoms with van der Waals surface area (Å²) in [6, 6.07) is 10.6. The Morgan fingerprint density at radius 2 is 2.17 bits per heavy atom. The van der Waals surface area contributed by atoms with Crippen molar-refractivity contribution in [1.82, 2.24) is 10.2 Å². The molecule has 1 aromatic carbocycles. The minimum atomic E-state index is -0.171. The summed E-state index contributed by atoms with van der Waals surface area (Å²) in [5, 5.41) is 3.43. The minimum absolute atomic E-state index is 0.171. The zero-order valence-electron chi connectivity index (χ0n) is 10.3. The van der Waals surface area contributed by atoms with Crippen LogP contribution in [-0.4, -0.2) is 36.2 Å². The van der Waals surface area contributed by atoms with Gasteiger partial charge in [0.25, 0.3) is 0 Å². The summed E-state index contributed by atoms with van der Waals surface area (Å²) in [7, 11) is 0. The van der Waals surface area contributed by atoms with Crippen molar-refractivity contribution < 1.29 is 9.53 Å². The van der Waals surface area contributed by atoms with Gasteiger partial charge >= 0.3 is 6.09 Å². The number of hydrogen-bond acceptors (Lipinski definition) is 3. The van der Waals surface area contributed by atoms with Gasteiger partial charge in [0.2, 0.25) is 0 Å². The van der Waals surface area contributed by atoms with Crippen LogP contribution in [0, 0.1) is 0 Å². The molecule has 4 heteroatoms. The smallest absolute Gasteiger partial charge is 0.410 e. The van der Waals surface area contributed by atoms with Gasteiger partial charge in [-0.05, 0) is 24.9 Å². The third kappa shape index (κ3) is 2.20. The lowest BCUT2D eigenvalue weighted by Crippen LogP contribution is -2.38. The van der Waals surface area contributed by atoms with Gasteiger partial charge in [0, 0.05) is 12.6 Å². The predicted octanol–water partition coefficient (Wildman–Crippen LogP) is 1.76. The van der Waals surface area contributed by atoms with E-state index in [2.05, 4.69) is 5.32 Å². The van der Waals surface area contributed by atoms with Gasteiger partial charge < -0.3 is 15.0 Å². The van der Waals surface area contributed by atoms with Crippen molar-refractivity contribution in [3.8, 4) is 0 Å². The van der Waals surface area contributed by atoms with Crippen LogP contribution in [0.3, 0.4) is 0 Å². The third-order valence-electron chi connectivity index (χ3n) is 3.83. The van der Waals surface area contributed by atoms with Crippen LogP contribution in [0.5, 0.6) is 0 Å². The quantitative estimate of drug-likeness (QED) is 0.864. The van der Waals surface area contributed by atoms with Crippen molar-refractivity contribution in [3.63, 3.8) is 0 Å². The zero-order valence-corrected chi connectivity index (χ0v) is 10.3. The monoisotopic (exact) mass is 246 g/mol. The Bertz CT molecular complexity index is 421. The first-order chi connectivity index (χ1) is 8.84. The second-order valence-electron chi connectivity index (χ2n) is 4.94. The topological polar surface area (TPSA) is 41.6 Å². The van der Waals surface area contributed by atoms with Gasteiger partial charge in [-0.3, -0.25) is 0 Å². The maximum Gasteiger partial charge on any atom is 0.410 e. The molecule has 2 fully saturated rings. The molecule has 0 spiro atoms. The van der Waals surface area contributed by atoms with Crippen molar-refractivity contribution in [2.24, 2.45) is 0 Å². The molecule has 1 N–H and O–H groups in total. The highest BCUT2D eigenvalue weighted by molar-refractivity contribution is 5.68. The molecule has 18 heavy (non-hydrogen) atoms. The van der Waals surface area contributed by atoms with Gasteiger partial charge in [0.15, 0.2) is 0 Å². The Hall–Kier alpha value is -1.55. The van der Waals surface area contributed by atoms with E-state index in [9.17, 15) is 4.79 Å². The Labute approximate surface area is 107 Å². The first kappa shape index (κ1) is 11.5. The van der Waals surface area contributed by atoms with Crippen LogP contribution < -0.4 is 5.32 Å². The molecule has 0 aromatic heterocycles. The number of carbonyl (C=O) groups excluding carboxylic acids is 1. The first-order valence-corrected chi connectivity index (χ1v) is 6.55.